The molecule has 0 saturated heterocycles. The van der Waals surface area contributed by atoms with Gasteiger partial charge in [0.2, 0.25) is 5.89 Å². The van der Waals surface area contributed by atoms with Gasteiger partial charge in [-0.25, -0.2) is 0 Å². The molecule has 0 saturated carbocycles. The van der Waals surface area contributed by atoms with Gasteiger partial charge in [-0.3, -0.25) is 0 Å². The first-order valence-electron chi connectivity index (χ1n) is 5.58. The van der Waals surface area contributed by atoms with Crippen molar-refractivity contribution < 1.29 is 4.52 Å². The molecule has 5 heteroatoms. The van der Waals surface area contributed by atoms with Crippen LogP contribution in [0.4, 0.5) is 0 Å². The first-order valence-corrected chi connectivity index (χ1v) is 6.56. The van der Waals surface area contributed by atoms with E-state index < -0.39 is 0 Å². The molecule has 1 aromatic heterocycles. The van der Waals surface area contributed by atoms with Crippen molar-refractivity contribution in [3.8, 4) is 0 Å². The topological polar surface area (TPSA) is 64.9 Å². The number of nitrogens with zero attached hydrogens (tertiary/aromatic N) is 2. The zero-order valence-electron chi connectivity index (χ0n) is 9.50. The molecule has 1 heterocycles. The minimum Gasteiger partial charge on any atom is -0.339 e. The van der Waals surface area contributed by atoms with Crippen LogP contribution in [-0.2, 0) is 12.2 Å². The Balaban J connectivity index is 1.85. The van der Waals surface area contributed by atoms with Gasteiger partial charge in [0.15, 0.2) is 5.82 Å². The van der Waals surface area contributed by atoms with Crippen molar-refractivity contribution in [3.05, 3.63) is 42.0 Å². The molecule has 0 atom stereocenters. The molecular weight excluding hydrogens is 234 g/mol. The van der Waals surface area contributed by atoms with Gasteiger partial charge in [-0.1, -0.05) is 23.4 Å². The Labute approximate surface area is 105 Å². The summed E-state index contributed by atoms with van der Waals surface area (Å²) >= 11 is 1.70. The Morgan fingerprint density at radius 3 is 2.82 bits per heavy atom. The van der Waals surface area contributed by atoms with Gasteiger partial charge in [0.05, 0.1) is 5.75 Å². The summed E-state index contributed by atoms with van der Waals surface area (Å²) in [6.45, 7) is 0.649. The average molecular weight is 249 g/mol. The molecule has 0 bridgehead atoms. The lowest BCUT2D eigenvalue weighted by Gasteiger charge is -1.96. The third-order valence-corrected chi connectivity index (χ3v) is 3.22. The van der Waals surface area contributed by atoms with Gasteiger partial charge in [-0.05, 0) is 25.1 Å². The highest BCUT2D eigenvalue weighted by Gasteiger charge is 2.05. The van der Waals surface area contributed by atoms with Crippen LogP contribution < -0.4 is 5.73 Å². The number of benzene rings is 1. The number of aromatic nitrogens is 2. The molecule has 0 aliphatic rings. The van der Waals surface area contributed by atoms with Crippen LogP contribution in [0.2, 0.25) is 0 Å². The second-order valence-corrected chi connectivity index (χ2v) is 4.65. The predicted molar refractivity (Wildman–Crippen MR) is 67.7 cm³/mol. The molecule has 0 aliphatic heterocycles. The van der Waals surface area contributed by atoms with E-state index in [0.29, 0.717) is 12.4 Å². The summed E-state index contributed by atoms with van der Waals surface area (Å²) in [7, 11) is 0. The average Bonchev–Trinajstić information content (AvgIpc) is 2.83. The first-order chi connectivity index (χ1) is 8.38. The van der Waals surface area contributed by atoms with Gasteiger partial charge in [-0.2, -0.15) is 4.98 Å². The van der Waals surface area contributed by atoms with E-state index in [1.807, 2.05) is 18.2 Å². The molecule has 0 amide bonds. The largest absolute Gasteiger partial charge is 0.339 e. The van der Waals surface area contributed by atoms with E-state index in [2.05, 4.69) is 22.3 Å². The van der Waals surface area contributed by atoms with Crippen LogP contribution in [-0.4, -0.2) is 16.7 Å². The van der Waals surface area contributed by atoms with E-state index >= 15 is 0 Å². The zero-order valence-corrected chi connectivity index (χ0v) is 10.3. The van der Waals surface area contributed by atoms with Crippen LogP contribution >= 0.6 is 11.8 Å². The minimum absolute atomic E-state index is 0.649. The van der Waals surface area contributed by atoms with Crippen molar-refractivity contribution in [2.24, 2.45) is 5.73 Å². The lowest BCUT2D eigenvalue weighted by Crippen LogP contribution is -2.00. The molecule has 4 nitrogen and oxygen atoms in total. The third-order valence-electron chi connectivity index (χ3n) is 2.22. The van der Waals surface area contributed by atoms with Gasteiger partial charge in [0.25, 0.3) is 0 Å². The Morgan fingerprint density at radius 1 is 1.24 bits per heavy atom. The van der Waals surface area contributed by atoms with Crippen molar-refractivity contribution >= 4 is 11.8 Å². The summed E-state index contributed by atoms with van der Waals surface area (Å²) in [4.78, 5) is 5.52. The highest BCUT2D eigenvalue weighted by atomic mass is 32.2. The number of hydrogen-bond donors (Lipinski definition) is 1. The Morgan fingerprint density at radius 2 is 2.06 bits per heavy atom. The molecule has 1 aromatic carbocycles. The van der Waals surface area contributed by atoms with Crippen LogP contribution in [0.1, 0.15) is 18.1 Å². The summed E-state index contributed by atoms with van der Waals surface area (Å²) < 4.78 is 5.13. The lowest BCUT2D eigenvalue weighted by atomic mass is 10.3. The maximum atomic E-state index is 5.42. The Hall–Kier alpha value is -1.33. The van der Waals surface area contributed by atoms with Crippen molar-refractivity contribution in [1.82, 2.24) is 10.1 Å². The fourth-order valence-corrected chi connectivity index (χ4v) is 2.13. The Bertz CT molecular complexity index is 444. The first kappa shape index (κ1) is 12.1. The fourth-order valence-electron chi connectivity index (χ4n) is 1.37. The molecule has 0 unspecified atom stereocenters. The van der Waals surface area contributed by atoms with Gasteiger partial charge in [0.1, 0.15) is 0 Å². The van der Waals surface area contributed by atoms with Gasteiger partial charge < -0.3 is 10.3 Å². The molecule has 2 N–H and O–H groups in total. The van der Waals surface area contributed by atoms with Crippen LogP contribution in [0.15, 0.2) is 39.8 Å². The molecule has 0 fully saturated rings. The van der Waals surface area contributed by atoms with E-state index in [-0.39, 0.29) is 0 Å². The minimum atomic E-state index is 0.649. The SMILES string of the molecule is NCCCc1nc(CSc2ccccc2)no1. The summed E-state index contributed by atoms with van der Waals surface area (Å²) in [5, 5.41) is 3.94. The lowest BCUT2D eigenvalue weighted by molar-refractivity contribution is 0.372. The van der Waals surface area contributed by atoms with E-state index in [9.17, 15) is 0 Å². The number of nitrogens with two attached hydrogens (primary N) is 1. The van der Waals surface area contributed by atoms with Crippen molar-refractivity contribution in [2.45, 2.75) is 23.5 Å². The zero-order chi connectivity index (χ0) is 11.9. The predicted octanol–water partition coefficient (Wildman–Crippen LogP) is 2.25. The highest BCUT2D eigenvalue weighted by Crippen LogP contribution is 2.20. The van der Waals surface area contributed by atoms with Crippen molar-refractivity contribution in [2.75, 3.05) is 6.54 Å². The van der Waals surface area contributed by atoms with Gasteiger partial charge in [-0.15, -0.1) is 11.8 Å². The smallest absolute Gasteiger partial charge is 0.226 e. The molecule has 0 aliphatic carbocycles. The van der Waals surface area contributed by atoms with Crippen LogP contribution in [0.5, 0.6) is 0 Å². The second kappa shape index (κ2) is 6.42. The summed E-state index contributed by atoms with van der Waals surface area (Å²) in [6.07, 6.45) is 1.65. The molecule has 17 heavy (non-hydrogen) atoms. The summed E-state index contributed by atoms with van der Waals surface area (Å²) in [5.41, 5.74) is 5.42. The fraction of sp³-hybridized carbons (Fsp3) is 0.333. The number of thioether (sulfide) groups is 1. The van der Waals surface area contributed by atoms with Crippen LogP contribution in [0, 0.1) is 0 Å². The maximum Gasteiger partial charge on any atom is 0.226 e. The van der Waals surface area contributed by atoms with Gasteiger partial charge >= 0.3 is 0 Å². The van der Waals surface area contributed by atoms with E-state index in [1.54, 1.807) is 11.8 Å². The van der Waals surface area contributed by atoms with Crippen LogP contribution in [0.3, 0.4) is 0 Å². The molecule has 2 aromatic rings. The normalized spacial score (nSPS) is 10.6. The van der Waals surface area contributed by atoms with E-state index in [0.717, 1.165) is 24.4 Å². The maximum absolute atomic E-state index is 5.42. The second-order valence-electron chi connectivity index (χ2n) is 3.60. The molecule has 0 spiro atoms. The number of aryl methyl sites for hydroxylation is 1. The monoisotopic (exact) mass is 249 g/mol. The molecule has 90 valence electrons. The highest BCUT2D eigenvalue weighted by molar-refractivity contribution is 7.98. The van der Waals surface area contributed by atoms with Crippen molar-refractivity contribution in [1.29, 1.82) is 0 Å². The van der Waals surface area contributed by atoms with E-state index in [4.69, 9.17) is 10.3 Å². The van der Waals surface area contributed by atoms with Crippen molar-refractivity contribution in [3.63, 3.8) is 0 Å². The van der Waals surface area contributed by atoms with Crippen LogP contribution in [0.25, 0.3) is 0 Å². The van der Waals surface area contributed by atoms with Gasteiger partial charge in [0, 0.05) is 11.3 Å². The summed E-state index contributed by atoms with van der Waals surface area (Å²) in [6, 6.07) is 10.2. The quantitative estimate of drug-likeness (QED) is 0.795. The van der Waals surface area contributed by atoms with E-state index in [1.165, 1.54) is 4.90 Å². The standard InChI is InChI=1S/C12H15N3OS/c13-8-4-7-12-14-11(15-16-12)9-17-10-5-2-1-3-6-10/h1-3,5-6H,4,7-9,13H2. The number of hydrogen-bond acceptors (Lipinski definition) is 5. The molecule has 2 rings (SSSR count). The summed E-state index contributed by atoms with van der Waals surface area (Å²) in [5.74, 6) is 2.15. The third kappa shape index (κ3) is 3.87. The molecular formula is C12H15N3OS. The Kier molecular flexibility index (Phi) is 4.58. The molecule has 0 radical (unpaired) electrons. The number of rotatable bonds is 6.